The summed E-state index contributed by atoms with van der Waals surface area (Å²) in [5.41, 5.74) is 3.60. The minimum atomic E-state index is -2.96. The van der Waals surface area contributed by atoms with E-state index in [2.05, 4.69) is 16.0 Å². The van der Waals surface area contributed by atoms with Crippen LogP contribution < -0.4 is 21.7 Å². The van der Waals surface area contributed by atoms with Gasteiger partial charge in [-0.05, 0) is 49.9 Å². The highest BCUT2D eigenvalue weighted by atomic mass is 19.3. The summed E-state index contributed by atoms with van der Waals surface area (Å²) in [5, 5.41) is 7.98. The van der Waals surface area contributed by atoms with Crippen LogP contribution in [0.4, 0.5) is 13.6 Å². The standard InChI is InChI=1S/C26H41F2N5O5/c1-23(2,3)18(31-22(38)32-24(4,5)6)21(37)33-11-13-15(25(13,7)8)16(33)20(36)30-14(17(34)19(29)35)9-12-10-26(12,27)28/h12-16,18H,9-11H2,1-8H3,(H2,29,35)(H,30,36)(H2,31,32,38)/t12?,13-,14?,15?,16-,18+/m0/s1. The van der Waals surface area contributed by atoms with E-state index in [1.807, 2.05) is 13.8 Å². The molecule has 214 valence electrons. The third kappa shape index (κ3) is 6.09. The van der Waals surface area contributed by atoms with Gasteiger partial charge in [-0.2, -0.15) is 0 Å². The number of nitrogens with two attached hydrogens (primary N) is 1. The molecule has 0 radical (unpaired) electrons. The molecule has 5 amide bonds. The Kier molecular flexibility index (Phi) is 7.40. The van der Waals surface area contributed by atoms with E-state index >= 15 is 0 Å². The number of carbonyl (C=O) groups is 5. The predicted molar refractivity (Wildman–Crippen MR) is 135 cm³/mol. The summed E-state index contributed by atoms with van der Waals surface area (Å²) in [7, 11) is 0. The highest BCUT2D eigenvalue weighted by Gasteiger charge is 2.70. The molecule has 0 spiro atoms. The van der Waals surface area contributed by atoms with Crippen LogP contribution in [0.15, 0.2) is 0 Å². The molecule has 1 heterocycles. The number of nitrogens with one attached hydrogen (secondary N) is 3. The van der Waals surface area contributed by atoms with Gasteiger partial charge in [0.2, 0.25) is 17.6 Å². The number of carbonyl (C=O) groups excluding carboxylic acids is 5. The summed E-state index contributed by atoms with van der Waals surface area (Å²) in [6.45, 7) is 15.0. The molecule has 0 aromatic carbocycles. The van der Waals surface area contributed by atoms with Crippen LogP contribution in [-0.2, 0) is 19.2 Å². The smallest absolute Gasteiger partial charge is 0.315 e. The zero-order chi connectivity index (χ0) is 29.2. The van der Waals surface area contributed by atoms with Crippen molar-refractivity contribution in [1.29, 1.82) is 0 Å². The summed E-state index contributed by atoms with van der Waals surface area (Å²) >= 11 is 0. The highest BCUT2D eigenvalue weighted by Crippen LogP contribution is 2.65. The first-order valence-electron chi connectivity index (χ1n) is 13.0. The molecule has 1 saturated heterocycles. The maximum Gasteiger partial charge on any atom is 0.315 e. The lowest BCUT2D eigenvalue weighted by molar-refractivity contribution is -0.145. The van der Waals surface area contributed by atoms with Crippen molar-refractivity contribution in [2.24, 2.45) is 34.3 Å². The molecule has 0 aromatic rings. The number of rotatable bonds is 8. The van der Waals surface area contributed by atoms with Gasteiger partial charge >= 0.3 is 6.03 Å². The molecule has 2 aliphatic carbocycles. The lowest BCUT2D eigenvalue weighted by atomic mass is 9.85. The summed E-state index contributed by atoms with van der Waals surface area (Å²) in [6, 6.07) is -4.02. The summed E-state index contributed by atoms with van der Waals surface area (Å²) in [6.07, 6.45) is -0.857. The number of fused-ring (bicyclic) bond motifs is 1. The number of nitrogens with zero attached hydrogens (tertiary/aromatic N) is 1. The Morgan fingerprint density at radius 1 is 1.03 bits per heavy atom. The molecule has 2 saturated carbocycles. The molecule has 3 aliphatic rings. The van der Waals surface area contributed by atoms with E-state index in [1.165, 1.54) is 4.90 Å². The largest absolute Gasteiger partial charge is 0.363 e. The van der Waals surface area contributed by atoms with Gasteiger partial charge in [-0.15, -0.1) is 0 Å². The summed E-state index contributed by atoms with van der Waals surface area (Å²) in [5.74, 6) is -7.98. The molecule has 38 heavy (non-hydrogen) atoms. The first-order valence-corrected chi connectivity index (χ1v) is 13.0. The van der Waals surface area contributed by atoms with E-state index in [0.717, 1.165) is 0 Å². The van der Waals surface area contributed by atoms with Crippen LogP contribution in [0.1, 0.15) is 68.2 Å². The van der Waals surface area contributed by atoms with Crippen LogP contribution in [0.3, 0.4) is 0 Å². The lowest BCUT2D eigenvalue weighted by Crippen LogP contribution is -2.62. The van der Waals surface area contributed by atoms with Gasteiger partial charge in [-0.3, -0.25) is 19.2 Å². The molecule has 3 unspecified atom stereocenters. The fourth-order valence-corrected chi connectivity index (χ4v) is 5.61. The van der Waals surface area contributed by atoms with E-state index in [-0.39, 0.29) is 23.8 Å². The van der Waals surface area contributed by atoms with Gasteiger partial charge in [0, 0.05) is 24.4 Å². The van der Waals surface area contributed by atoms with Crippen LogP contribution in [0, 0.1) is 28.6 Å². The average Bonchev–Trinajstić information content (AvgIpc) is 3.39. The van der Waals surface area contributed by atoms with Crippen LogP contribution >= 0.6 is 0 Å². The molecule has 6 atom stereocenters. The number of piperidine rings is 1. The molecule has 12 heteroatoms. The lowest BCUT2D eigenvalue weighted by Gasteiger charge is -2.38. The molecular formula is C26H41F2N5O5. The quantitative estimate of drug-likeness (QED) is 0.344. The summed E-state index contributed by atoms with van der Waals surface area (Å²) in [4.78, 5) is 65.5. The van der Waals surface area contributed by atoms with Gasteiger partial charge in [0.15, 0.2) is 0 Å². The molecule has 1 aliphatic heterocycles. The zero-order valence-corrected chi connectivity index (χ0v) is 23.4. The molecule has 0 bridgehead atoms. The highest BCUT2D eigenvalue weighted by molar-refractivity contribution is 6.37. The third-order valence-electron chi connectivity index (χ3n) is 7.99. The fourth-order valence-electron chi connectivity index (χ4n) is 5.61. The van der Waals surface area contributed by atoms with Crippen molar-refractivity contribution in [2.45, 2.75) is 97.8 Å². The number of urea groups is 1. The van der Waals surface area contributed by atoms with Gasteiger partial charge in [0.05, 0.1) is 6.04 Å². The minimum absolute atomic E-state index is 0.00396. The Balaban J connectivity index is 1.84. The van der Waals surface area contributed by atoms with E-state index in [4.69, 9.17) is 5.73 Å². The van der Waals surface area contributed by atoms with Gasteiger partial charge in [-0.25, -0.2) is 13.6 Å². The van der Waals surface area contributed by atoms with Crippen LogP contribution in [0.2, 0.25) is 0 Å². The molecular weight excluding hydrogens is 500 g/mol. The predicted octanol–water partition coefficient (Wildman–Crippen LogP) is 1.57. The van der Waals surface area contributed by atoms with Crippen molar-refractivity contribution in [3.63, 3.8) is 0 Å². The number of amides is 5. The normalized spacial score (nSPS) is 28.4. The number of hydrogen-bond acceptors (Lipinski definition) is 5. The maximum absolute atomic E-state index is 13.8. The van der Waals surface area contributed by atoms with Crippen LogP contribution in [0.5, 0.6) is 0 Å². The van der Waals surface area contributed by atoms with Crippen LogP contribution in [0.25, 0.3) is 0 Å². The van der Waals surface area contributed by atoms with Crippen molar-refractivity contribution in [2.75, 3.05) is 6.54 Å². The monoisotopic (exact) mass is 541 g/mol. The number of Topliss-reactive ketones (excluding diaryl/α,β-unsaturated/α-hetero) is 1. The van der Waals surface area contributed by atoms with Gasteiger partial charge in [0.25, 0.3) is 11.8 Å². The first kappa shape index (κ1) is 29.8. The number of ketones is 1. The second-order valence-electron chi connectivity index (χ2n) is 13.7. The van der Waals surface area contributed by atoms with E-state index in [1.54, 1.807) is 41.5 Å². The Morgan fingerprint density at radius 2 is 1.58 bits per heavy atom. The second-order valence-corrected chi connectivity index (χ2v) is 13.7. The Labute approximate surface area is 222 Å². The minimum Gasteiger partial charge on any atom is -0.363 e. The number of hydrogen-bond donors (Lipinski definition) is 4. The van der Waals surface area contributed by atoms with Gasteiger partial charge < -0.3 is 26.6 Å². The molecule has 10 nitrogen and oxygen atoms in total. The van der Waals surface area contributed by atoms with Crippen LogP contribution in [-0.4, -0.2) is 70.6 Å². The number of primary amides is 1. The Hall–Kier alpha value is -2.79. The van der Waals surface area contributed by atoms with E-state index in [9.17, 15) is 32.8 Å². The van der Waals surface area contributed by atoms with E-state index in [0.29, 0.717) is 0 Å². The Morgan fingerprint density at radius 3 is 2.03 bits per heavy atom. The molecule has 5 N–H and O–H groups in total. The molecule has 3 rings (SSSR count). The third-order valence-corrected chi connectivity index (χ3v) is 7.99. The maximum atomic E-state index is 13.8. The van der Waals surface area contributed by atoms with Crippen molar-refractivity contribution in [1.82, 2.24) is 20.9 Å². The number of alkyl halides is 2. The molecule has 0 aromatic heterocycles. The topological polar surface area (TPSA) is 151 Å². The molecule has 3 fully saturated rings. The van der Waals surface area contributed by atoms with Crippen molar-refractivity contribution < 1.29 is 32.8 Å². The Bertz CT molecular complexity index is 1030. The van der Waals surface area contributed by atoms with Crippen molar-refractivity contribution in [3.8, 4) is 0 Å². The SMILES string of the molecule is CC(C)(C)NC(=O)N[C@H](C(=O)N1C[C@H]2C([C@H]1C(=O)NC(CC1CC1(F)F)C(=O)C(N)=O)C2(C)C)C(C)(C)C. The number of likely N-dealkylation sites (tertiary alicyclic amines) is 1. The first-order chi connectivity index (χ1) is 17.1. The zero-order valence-electron chi connectivity index (χ0n) is 23.4. The van der Waals surface area contributed by atoms with Gasteiger partial charge in [-0.1, -0.05) is 34.6 Å². The fraction of sp³-hybridized carbons (Fsp3) is 0.808. The number of halogens is 2. The van der Waals surface area contributed by atoms with Gasteiger partial charge in [0.1, 0.15) is 12.1 Å². The average molecular weight is 542 g/mol. The van der Waals surface area contributed by atoms with Crippen molar-refractivity contribution >= 4 is 29.5 Å². The summed E-state index contributed by atoms with van der Waals surface area (Å²) < 4.78 is 27.1. The second kappa shape index (κ2) is 9.44. The van der Waals surface area contributed by atoms with E-state index < -0.39 is 83.3 Å². The van der Waals surface area contributed by atoms with Crippen molar-refractivity contribution in [3.05, 3.63) is 0 Å².